The summed E-state index contributed by atoms with van der Waals surface area (Å²) in [6.07, 6.45) is 5.13. The third-order valence-corrected chi connectivity index (χ3v) is 4.10. The summed E-state index contributed by atoms with van der Waals surface area (Å²) in [4.78, 5) is 20.3. The lowest BCUT2D eigenvalue weighted by Crippen LogP contribution is -2.48. The molecule has 19 heavy (non-hydrogen) atoms. The molecule has 0 spiro atoms. The fraction of sp³-hybridized carbons (Fsp3) is 0.462. The number of carbonyl (C=O) groups excluding carboxylic acids is 1. The SMILES string of the molecule is O=C(N[C@@H]1C[C@H]2CN[C@H]1C2)c1cc2ncoc2cn1. The fourth-order valence-electron chi connectivity index (χ4n) is 3.14. The number of oxazole rings is 1. The van der Waals surface area contributed by atoms with E-state index in [1.54, 1.807) is 6.07 Å². The summed E-state index contributed by atoms with van der Waals surface area (Å²) in [6, 6.07) is 2.31. The lowest BCUT2D eigenvalue weighted by molar-refractivity contribution is 0.0923. The van der Waals surface area contributed by atoms with E-state index in [-0.39, 0.29) is 11.9 Å². The molecule has 6 nitrogen and oxygen atoms in total. The van der Waals surface area contributed by atoms with E-state index in [0.29, 0.717) is 28.8 Å². The highest BCUT2D eigenvalue weighted by Crippen LogP contribution is 2.31. The van der Waals surface area contributed by atoms with Gasteiger partial charge in [-0.05, 0) is 31.4 Å². The molecule has 0 aromatic carbocycles. The number of fused-ring (bicyclic) bond motifs is 3. The van der Waals surface area contributed by atoms with Gasteiger partial charge in [-0.15, -0.1) is 0 Å². The molecule has 0 unspecified atom stereocenters. The Balaban J connectivity index is 1.53. The summed E-state index contributed by atoms with van der Waals surface area (Å²) in [5.41, 5.74) is 1.65. The van der Waals surface area contributed by atoms with Gasteiger partial charge in [-0.1, -0.05) is 0 Å². The van der Waals surface area contributed by atoms with Crippen molar-refractivity contribution in [1.29, 1.82) is 0 Å². The van der Waals surface area contributed by atoms with Crippen LogP contribution >= 0.6 is 0 Å². The molecule has 2 bridgehead atoms. The number of pyridine rings is 1. The maximum atomic E-state index is 12.2. The summed E-state index contributed by atoms with van der Waals surface area (Å²) in [5.74, 6) is 0.575. The van der Waals surface area contributed by atoms with Gasteiger partial charge >= 0.3 is 0 Å². The molecule has 0 radical (unpaired) electrons. The molecule has 3 atom stereocenters. The van der Waals surface area contributed by atoms with Crippen LogP contribution in [0.15, 0.2) is 23.1 Å². The van der Waals surface area contributed by atoms with Crippen LogP contribution < -0.4 is 10.6 Å². The molecule has 1 aliphatic heterocycles. The molecule has 1 aliphatic carbocycles. The third kappa shape index (κ3) is 1.79. The maximum Gasteiger partial charge on any atom is 0.270 e. The van der Waals surface area contributed by atoms with Gasteiger partial charge in [0.25, 0.3) is 5.91 Å². The zero-order valence-corrected chi connectivity index (χ0v) is 10.3. The van der Waals surface area contributed by atoms with Crippen LogP contribution in [0.3, 0.4) is 0 Å². The number of rotatable bonds is 2. The molecule has 2 aromatic heterocycles. The van der Waals surface area contributed by atoms with E-state index in [1.807, 2.05) is 0 Å². The second kappa shape index (κ2) is 4.03. The first kappa shape index (κ1) is 10.9. The van der Waals surface area contributed by atoms with E-state index in [2.05, 4.69) is 20.6 Å². The van der Waals surface area contributed by atoms with Crippen molar-refractivity contribution < 1.29 is 9.21 Å². The molecule has 1 amide bonds. The Bertz CT molecular complexity index is 638. The number of hydrogen-bond donors (Lipinski definition) is 2. The smallest absolute Gasteiger partial charge is 0.270 e. The molecule has 98 valence electrons. The average molecular weight is 258 g/mol. The number of carbonyl (C=O) groups is 1. The molecule has 2 N–H and O–H groups in total. The molecule has 1 saturated heterocycles. The molecule has 1 saturated carbocycles. The first-order valence-corrected chi connectivity index (χ1v) is 6.53. The highest BCUT2D eigenvalue weighted by atomic mass is 16.3. The zero-order chi connectivity index (χ0) is 12.8. The topological polar surface area (TPSA) is 80.0 Å². The van der Waals surface area contributed by atoms with E-state index < -0.39 is 0 Å². The number of piperidine rings is 1. The standard InChI is InChI=1S/C13H14N4O2/c18-13(17-9-2-7-1-8(9)14-4-7)11-3-10-12(5-15-11)19-6-16-10/h3,5-9,14H,1-2,4H2,(H,17,18)/t7-,8-,9+/m0/s1. The molecule has 4 rings (SSSR count). The van der Waals surface area contributed by atoms with Crippen LogP contribution in [-0.4, -0.2) is 34.5 Å². The van der Waals surface area contributed by atoms with Gasteiger partial charge in [0, 0.05) is 12.1 Å². The quantitative estimate of drug-likeness (QED) is 0.829. The highest BCUT2D eigenvalue weighted by molar-refractivity contribution is 5.95. The van der Waals surface area contributed by atoms with Crippen LogP contribution in [0.5, 0.6) is 0 Å². The van der Waals surface area contributed by atoms with Crippen molar-refractivity contribution in [2.45, 2.75) is 24.9 Å². The van der Waals surface area contributed by atoms with Crippen molar-refractivity contribution in [3.8, 4) is 0 Å². The summed E-state index contributed by atoms with van der Waals surface area (Å²) < 4.78 is 5.11. The Hall–Kier alpha value is -1.95. The van der Waals surface area contributed by atoms with Crippen LogP contribution in [0.4, 0.5) is 0 Å². The van der Waals surface area contributed by atoms with E-state index >= 15 is 0 Å². The number of hydrogen-bond acceptors (Lipinski definition) is 5. The molecule has 6 heteroatoms. The van der Waals surface area contributed by atoms with Crippen molar-refractivity contribution in [2.24, 2.45) is 5.92 Å². The second-order valence-corrected chi connectivity index (χ2v) is 5.32. The van der Waals surface area contributed by atoms with Crippen molar-refractivity contribution in [3.05, 3.63) is 24.4 Å². The Morgan fingerprint density at radius 3 is 3.16 bits per heavy atom. The van der Waals surface area contributed by atoms with E-state index in [9.17, 15) is 4.79 Å². The van der Waals surface area contributed by atoms with Gasteiger partial charge in [-0.2, -0.15) is 0 Å². The monoisotopic (exact) mass is 258 g/mol. The predicted octanol–water partition coefficient (Wildman–Crippen LogP) is 0.703. The summed E-state index contributed by atoms with van der Waals surface area (Å²) >= 11 is 0. The van der Waals surface area contributed by atoms with E-state index in [1.165, 1.54) is 19.0 Å². The van der Waals surface area contributed by atoms with Gasteiger partial charge in [0.2, 0.25) is 0 Å². The molecular formula is C13H14N4O2. The largest absolute Gasteiger partial charge is 0.442 e. The van der Waals surface area contributed by atoms with Crippen LogP contribution in [0.2, 0.25) is 0 Å². The summed E-state index contributed by atoms with van der Waals surface area (Å²) in [6.45, 7) is 1.08. The fourth-order valence-corrected chi connectivity index (χ4v) is 3.14. The lowest BCUT2D eigenvalue weighted by Gasteiger charge is -2.23. The minimum absolute atomic E-state index is 0.135. The zero-order valence-electron chi connectivity index (χ0n) is 10.3. The Morgan fingerprint density at radius 2 is 2.37 bits per heavy atom. The molecular weight excluding hydrogens is 244 g/mol. The minimum Gasteiger partial charge on any atom is -0.442 e. The Labute approximate surface area is 109 Å². The summed E-state index contributed by atoms with van der Waals surface area (Å²) in [7, 11) is 0. The van der Waals surface area contributed by atoms with Crippen LogP contribution in [0.1, 0.15) is 23.3 Å². The molecule has 2 aliphatic rings. The van der Waals surface area contributed by atoms with Crippen molar-refractivity contribution in [1.82, 2.24) is 20.6 Å². The maximum absolute atomic E-state index is 12.2. The van der Waals surface area contributed by atoms with Gasteiger partial charge in [0.05, 0.1) is 6.20 Å². The Morgan fingerprint density at radius 1 is 1.42 bits per heavy atom. The van der Waals surface area contributed by atoms with Gasteiger partial charge in [0.1, 0.15) is 11.2 Å². The van der Waals surface area contributed by atoms with Gasteiger partial charge in [0.15, 0.2) is 12.0 Å². The molecule has 3 heterocycles. The molecule has 2 fully saturated rings. The van der Waals surface area contributed by atoms with Crippen LogP contribution in [-0.2, 0) is 0 Å². The predicted molar refractivity (Wildman–Crippen MR) is 67.6 cm³/mol. The van der Waals surface area contributed by atoms with Crippen LogP contribution in [0.25, 0.3) is 11.1 Å². The average Bonchev–Trinajstić information content (AvgIpc) is 3.13. The van der Waals surface area contributed by atoms with Crippen molar-refractivity contribution in [2.75, 3.05) is 6.54 Å². The van der Waals surface area contributed by atoms with Crippen molar-refractivity contribution in [3.63, 3.8) is 0 Å². The minimum atomic E-state index is -0.135. The van der Waals surface area contributed by atoms with Gasteiger partial charge < -0.3 is 15.1 Å². The number of amides is 1. The Kier molecular flexibility index (Phi) is 2.32. The second-order valence-electron chi connectivity index (χ2n) is 5.32. The van der Waals surface area contributed by atoms with E-state index in [4.69, 9.17) is 4.42 Å². The van der Waals surface area contributed by atoms with Crippen LogP contribution in [0, 0.1) is 5.92 Å². The number of nitrogens with zero attached hydrogens (tertiary/aromatic N) is 2. The van der Waals surface area contributed by atoms with Crippen molar-refractivity contribution >= 4 is 17.0 Å². The number of aromatic nitrogens is 2. The highest BCUT2D eigenvalue weighted by Gasteiger charge is 2.40. The normalized spacial score (nSPS) is 28.9. The lowest BCUT2D eigenvalue weighted by atomic mass is 10.1. The summed E-state index contributed by atoms with van der Waals surface area (Å²) in [5, 5.41) is 6.49. The first-order chi connectivity index (χ1) is 9.29. The first-order valence-electron chi connectivity index (χ1n) is 6.53. The third-order valence-electron chi connectivity index (χ3n) is 4.10. The van der Waals surface area contributed by atoms with E-state index in [0.717, 1.165) is 13.0 Å². The van der Waals surface area contributed by atoms with Gasteiger partial charge in [-0.3, -0.25) is 4.79 Å². The number of nitrogens with one attached hydrogen (secondary N) is 2. The van der Waals surface area contributed by atoms with Gasteiger partial charge in [-0.25, -0.2) is 9.97 Å². The molecule has 2 aromatic rings.